The fraction of sp³-hybridized carbons (Fsp3) is 0.533. The Labute approximate surface area is 114 Å². The van der Waals surface area contributed by atoms with Gasteiger partial charge < -0.3 is 9.47 Å². The quantitative estimate of drug-likeness (QED) is 0.845. The van der Waals surface area contributed by atoms with Crippen molar-refractivity contribution in [3.63, 3.8) is 0 Å². The number of nitrogens with one attached hydrogen (secondary N) is 1. The number of methoxy groups -OCH3 is 1. The van der Waals surface area contributed by atoms with E-state index in [1.807, 2.05) is 30.3 Å². The van der Waals surface area contributed by atoms with Crippen molar-refractivity contribution < 1.29 is 14.3 Å². The zero-order valence-corrected chi connectivity index (χ0v) is 11.5. The summed E-state index contributed by atoms with van der Waals surface area (Å²) >= 11 is 0. The lowest BCUT2D eigenvalue weighted by Crippen LogP contribution is -2.42. The first-order valence-corrected chi connectivity index (χ1v) is 6.71. The summed E-state index contributed by atoms with van der Waals surface area (Å²) in [7, 11) is 1.42. The Bertz CT molecular complexity index is 407. The molecule has 1 N–H and O–H groups in total. The summed E-state index contributed by atoms with van der Waals surface area (Å²) in [6, 6.07) is 9.57. The van der Waals surface area contributed by atoms with E-state index in [1.54, 1.807) is 0 Å². The molecule has 0 radical (unpaired) electrons. The zero-order valence-electron chi connectivity index (χ0n) is 11.5. The first kappa shape index (κ1) is 14.0. The van der Waals surface area contributed by atoms with E-state index >= 15 is 0 Å². The summed E-state index contributed by atoms with van der Waals surface area (Å²) < 4.78 is 10.4. The molecule has 3 unspecified atom stereocenters. The van der Waals surface area contributed by atoms with Crippen LogP contribution in [0.4, 0.5) is 0 Å². The summed E-state index contributed by atoms with van der Waals surface area (Å²) in [6.45, 7) is 2.80. The normalized spacial score (nSPS) is 24.7. The monoisotopic (exact) mass is 263 g/mol. The van der Waals surface area contributed by atoms with Crippen LogP contribution in [0.1, 0.15) is 31.4 Å². The standard InChI is InChI=1S/C15H21NO3/c1-11-10-13(8-9-19-11)16-14(15(17)18-2)12-6-4-3-5-7-12/h3-7,11,13-14,16H,8-10H2,1-2H3. The van der Waals surface area contributed by atoms with Gasteiger partial charge in [-0.15, -0.1) is 0 Å². The highest BCUT2D eigenvalue weighted by molar-refractivity contribution is 5.77. The van der Waals surface area contributed by atoms with Gasteiger partial charge in [0.15, 0.2) is 0 Å². The predicted molar refractivity (Wildman–Crippen MR) is 72.8 cm³/mol. The lowest BCUT2D eigenvalue weighted by atomic mass is 10.0. The van der Waals surface area contributed by atoms with Crippen molar-refractivity contribution in [2.75, 3.05) is 13.7 Å². The van der Waals surface area contributed by atoms with Gasteiger partial charge in [-0.25, -0.2) is 4.79 Å². The fourth-order valence-corrected chi connectivity index (χ4v) is 2.45. The van der Waals surface area contributed by atoms with Crippen LogP contribution in [0.3, 0.4) is 0 Å². The molecule has 1 saturated heterocycles. The molecular formula is C15H21NO3. The van der Waals surface area contributed by atoms with Crippen LogP contribution in [0.25, 0.3) is 0 Å². The summed E-state index contributed by atoms with van der Waals surface area (Å²) in [4.78, 5) is 12.0. The molecular weight excluding hydrogens is 242 g/mol. The first-order valence-electron chi connectivity index (χ1n) is 6.71. The van der Waals surface area contributed by atoms with Crippen LogP contribution in [-0.4, -0.2) is 31.8 Å². The molecule has 1 aromatic carbocycles. The van der Waals surface area contributed by atoms with Gasteiger partial charge in [0, 0.05) is 12.6 Å². The van der Waals surface area contributed by atoms with E-state index in [2.05, 4.69) is 12.2 Å². The molecule has 0 amide bonds. The van der Waals surface area contributed by atoms with E-state index < -0.39 is 6.04 Å². The minimum Gasteiger partial charge on any atom is -0.468 e. The number of esters is 1. The molecule has 0 aliphatic carbocycles. The highest BCUT2D eigenvalue weighted by Gasteiger charge is 2.27. The molecule has 1 aromatic rings. The second kappa shape index (κ2) is 6.68. The van der Waals surface area contributed by atoms with Crippen molar-refractivity contribution in [2.45, 2.75) is 38.0 Å². The molecule has 19 heavy (non-hydrogen) atoms. The number of rotatable bonds is 4. The maximum absolute atomic E-state index is 12.0. The van der Waals surface area contributed by atoms with Crippen molar-refractivity contribution in [1.82, 2.24) is 5.32 Å². The summed E-state index contributed by atoms with van der Waals surface area (Å²) in [6.07, 6.45) is 2.07. The average molecular weight is 263 g/mol. The third kappa shape index (κ3) is 3.78. The molecule has 1 heterocycles. The van der Waals surface area contributed by atoms with Crippen LogP contribution < -0.4 is 5.32 Å². The van der Waals surface area contributed by atoms with Crippen molar-refractivity contribution in [2.24, 2.45) is 0 Å². The van der Waals surface area contributed by atoms with Gasteiger partial charge >= 0.3 is 5.97 Å². The van der Waals surface area contributed by atoms with Gasteiger partial charge in [0.25, 0.3) is 0 Å². The Balaban J connectivity index is 2.08. The smallest absolute Gasteiger partial charge is 0.327 e. The van der Waals surface area contributed by atoms with Crippen LogP contribution in [0.5, 0.6) is 0 Å². The van der Waals surface area contributed by atoms with Crippen LogP contribution in [0, 0.1) is 0 Å². The molecule has 2 rings (SSSR count). The van der Waals surface area contributed by atoms with E-state index in [1.165, 1.54) is 7.11 Å². The molecule has 0 spiro atoms. The summed E-state index contributed by atoms with van der Waals surface area (Å²) in [5.74, 6) is -0.245. The molecule has 0 aromatic heterocycles. The van der Waals surface area contributed by atoms with Gasteiger partial charge in [-0.2, -0.15) is 0 Å². The molecule has 104 valence electrons. The molecule has 0 bridgehead atoms. The second-order valence-electron chi connectivity index (χ2n) is 4.94. The number of carbonyl (C=O) groups excluding carboxylic acids is 1. The lowest BCUT2D eigenvalue weighted by molar-refractivity contribution is -0.143. The Morgan fingerprint density at radius 1 is 1.42 bits per heavy atom. The van der Waals surface area contributed by atoms with E-state index in [-0.39, 0.29) is 18.1 Å². The number of hydrogen-bond donors (Lipinski definition) is 1. The highest BCUT2D eigenvalue weighted by Crippen LogP contribution is 2.20. The number of hydrogen-bond acceptors (Lipinski definition) is 4. The zero-order chi connectivity index (χ0) is 13.7. The van der Waals surface area contributed by atoms with Crippen LogP contribution in [0.2, 0.25) is 0 Å². The topological polar surface area (TPSA) is 47.6 Å². The van der Waals surface area contributed by atoms with Crippen molar-refractivity contribution in [1.29, 1.82) is 0 Å². The Hall–Kier alpha value is -1.39. The van der Waals surface area contributed by atoms with Crippen molar-refractivity contribution >= 4 is 5.97 Å². The van der Waals surface area contributed by atoms with Crippen molar-refractivity contribution in [3.8, 4) is 0 Å². The Kier molecular flexibility index (Phi) is 4.93. The van der Waals surface area contributed by atoms with Crippen molar-refractivity contribution in [3.05, 3.63) is 35.9 Å². The summed E-state index contributed by atoms with van der Waals surface area (Å²) in [5.41, 5.74) is 0.938. The van der Waals surface area contributed by atoms with E-state index in [4.69, 9.17) is 9.47 Å². The maximum atomic E-state index is 12.0. The lowest BCUT2D eigenvalue weighted by Gasteiger charge is -2.30. The minimum atomic E-state index is -0.401. The number of benzene rings is 1. The molecule has 4 nitrogen and oxygen atoms in total. The highest BCUT2D eigenvalue weighted by atomic mass is 16.5. The molecule has 1 aliphatic heterocycles. The molecule has 0 saturated carbocycles. The molecule has 1 fully saturated rings. The Morgan fingerprint density at radius 3 is 2.79 bits per heavy atom. The third-order valence-electron chi connectivity index (χ3n) is 3.46. The number of carbonyl (C=O) groups is 1. The minimum absolute atomic E-state index is 0.236. The molecule has 3 atom stereocenters. The van der Waals surface area contributed by atoms with Gasteiger partial charge in [-0.05, 0) is 25.3 Å². The van der Waals surface area contributed by atoms with E-state index in [0.717, 1.165) is 25.0 Å². The molecule has 4 heteroatoms. The predicted octanol–water partition coefficient (Wildman–Crippen LogP) is 2.06. The van der Waals surface area contributed by atoms with Crippen LogP contribution in [0.15, 0.2) is 30.3 Å². The largest absolute Gasteiger partial charge is 0.468 e. The third-order valence-corrected chi connectivity index (χ3v) is 3.46. The van der Waals surface area contributed by atoms with Gasteiger partial charge in [0.2, 0.25) is 0 Å². The maximum Gasteiger partial charge on any atom is 0.327 e. The fourth-order valence-electron chi connectivity index (χ4n) is 2.45. The van der Waals surface area contributed by atoms with Gasteiger partial charge in [0.05, 0.1) is 13.2 Å². The van der Waals surface area contributed by atoms with Gasteiger partial charge in [0.1, 0.15) is 6.04 Å². The summed E-state index contributed by atoms with van der Waals surface area (Å²) in [5, 5.41) is 3.40. The van der Waals surface area contributed by atoms with Gasteiger partial charge in [-0.3, -0.25) is 5.32 Å². The average Bonchev–Trinajstić information content (AvgIpc) is 2.45. The van der Waals surface area contributed by atoms with Crippen LogP contribution in [-0.2, 0) is 14.3 Å². The van der Waals surface area contributed by atoms with Crippen LogP contribution >= 0.6 is 0 Å². The Morgan fingerprint density at radius 2 is 2.16 bits per heavy atom. The van der Waals surface area contributed by atoms with E-state index in [0.29, 0.717) is 0 Å². The SMILES string of the molecule is COC(=O)C(NC1CCOC(C)C1)c1ccccc1. The number of ether oxygens (including phenoxy) is 2. The van der Waals surface area contributed by atoms with E-state index in [9.17, 15) is 4.79 Å². The first-order chi connectivity index (χ1) is 9.20. The van der Waals surface area contributed by atoms with Gasteiger partial charge in [-0.1, -0.05) is 30.3 Å². The molecule has 1 aliphatic rings. The second-order valence-corrected chi connectivity index (χ2v) is 4.94.